The Morgan fingerprint density at radius 1 is 1.15 bits per heavy atom. The number of para-hydroxylation sites is 1. The van der Waals surface area contributed by atoms with Crippen LogP contribution >= 0.6 is 0 Å². The van der Waals surface area contributed by atoms with Crippen molar-refractivity contribution in [3.05, 3.63) is 59.5 Å². The topological polar surface area (TPSA) is 65.4 Å². The first kappa shape index (κ1) is 12.6. The van der Waals surface area contributed by atoms with E-state index in [-0.39, 0.29) is 0 Å². The van der Waals surface area contributed by atoms with Gasteiger partial charge in [-0.1, -0.05) is 24.3 Å². The Morgan fingerprint density at radius 3 is 2.75 bits per heavy atom. The van der Waals surface area contributed by atoms with Crippen LogP contribution in [0, 0.1) is 0 Å². The van der Waals surface area contributed by atoms with Gasteiger partial charge in [0, 0.05) is 30.3 Å². The Morgan fingerprint density at radius 2 is 1.95 bits per heavy atom. The van der Waals surface area contributed by atoms with Crippen molar-refractivity contribution in [2.75, 3.05) is 7.11 Å². The molecule has 0 saturated carbocycles. The number of hydrogen-bond donors (Lipinski definition) is 1. The molecule has 0 aliphatic carbocycles. The number of nitrogens with two attached hydrogens (primary N) is 1. The largest absolute Gasteiger partial charge is 0.496 e. The quantitative estimate of drug-likeness (QED) is 0.783. The second kappa shape index (κ2) is 5.30. The van der Waals surface area contributed by atoms with Gasteiger partial charge in [-0.05, 0) is 12.1 Å². The molecule has 0 saturated heterocycles. The summed E-state index contributed by atoms with van der Waals surface area (Å²) in [7, 11) is 1.67. The highest BCUT2D eigenvalue weighted by atomic mass is 16.5. The molecule has 0 bridgehead atoms. The lowest BCUT2D eigenvalue weighted by Gasteiger charge is -2.05. The van der Waals surface area contributed by atoms with Gasteiger partial charge < -0.3 is 10.5 Å². The number of pyridine rings is 1. The SMILES string of the molecule is COc1ccccc1Cc1nc2c(CN)cccn2n1. The van der Waals surface area contributed by atoms with Crippen molar-refractivity contribution in [1.29, 1.82) is 0 Å². The summed E-state index contributed by atoms with van der Waals surface area (Å²) in [5.74, 6) is 1.61. The Hall–Kier alpha value is -2.40. The van der Waals surface area contributed by atoms with Crippen molar-refractivity contribution in [1.82, 2.24) is 14.6 Å². The van der Waals surface area contributed by atoms with E-state index in [0.717, 1.165) is 28.3 Å². The summed E-state index contributed by atoms with van der Waals surface area (Å²) in [6, 6.07) is 11.8. The smallest absolute Gasteiger partial charge is 0.160 e. The van der Waals surface area contributed by atoms with Crippen LogP contribution in [-0.2, 0) is 13.0 Å². The van der Waals surface area contributed by atoms with Crippen LogP contribution in [0.1, 0.15) is 17.0 Å². The first-order valence-corrected chi connectivity index (χ1v) is 6.47. The van der Waals surface area contributed by atoms with E-state index in [2.05, 4.69) is 10.1 Å². The summed E-state index contributed by atoms with van der Waals surface area (Å²) < 4.78 is 7.12. The van der Waals surface area contributed by atoms with Crippen LogP contribution in [0.4, 0.5) is 0 Å². The highest BCUT2D eigenvalue weighted by Gasteiger charge is 2.10. The van der Waals surface area contributed by atoms with Gasteiger partial charge in [0.05, 0.1) is 7.11 Å². The van der Waals surface area contributed by atoms with Crippen molar-refractivity contribution in [2.45, 2.75) is 13.0 Å². The van der Waals surface area contributed by atoms with Crippen LogP contribution in [0.5, 0.6) is 5.75 Å². The molecule has 3 aromatic rings. The van der Waals surface area contributed by atoms with E-state index in [0.29, 0.717) is 13.0 Å². The van der Waals surface area contributed by atoms with Crippen LogP contribution < -0.4 is 10.5 Å². The zero-order valence-corrected chi connectivity index (χ0v) is 11.3. The monoisotopic (exact) mass is 268 g/mol. The number of hydrogen-bond acceptors (Lipinski definition) is 4. The van der Waals surface area contributed by atoms with Crippen LogP contribution in [0.25, 0.3) is 5.65 Å². The van der Waals surface area contributed by atoms with E-state index < -0.39 is 0 Å². The van der Waals surface area contributed by atoms with Gasteiger partial charge in [0.25, 0.3) is 0 Å². The normalized spacial score (nSPS) is 10.9. The predicted molar refractivity (Wildman–Crippen MR) is 76.7 cm³/mol. The molecule has 102 valence electrons. The molecule has 0 atom stereocenters. The van der Waals surface area contributed by atoms with Crippen molar-refractivity contribution in [3.63, 3.8) is 0 Å². The molecular weight excluding hydrogens is 252 g/mol. The minimum Gasteiger partial charge on any atom is -0.496 e. The molecule has 1 aromatic carbocycles. The molecule has 0 unspecified atom stereocenters. The number of benzene rings is 1. The van der Waals surface area contributed by atoms with Gasteiger partial charge in [-0.15, -0.1) is 0 Å². The highest BCUT2D eigenvalue weighted by Crippen LogP contribution is 2.20. The van der Waals surface area contributed by atoms with Crippen molar-refractivity contribution in [2.24, 2.45) is 5.73 Å². The molecule has 2 aromatic heterocycles. The first-order chi connectivity index (χ1) is 9.81. The fourth-order valence-corrected chi connectivity index (χ4v) is 2.26. The maximum absolute atomic E-state index is 5.72. The summed E-state index contributed by atoms with van der Waals surface area (Å²) in [5.41, 5.74) is 8.60. The third kappa shape index (κ3) is 2.23. The van der Waals surface area contributed by atoms with E-state index in [9.17, 15) is 0 Å². The first-order valence-electron chi connectivity index (χ1n) is 6.47. The van der Waals surface area contributed by atoms with Gasteiger partial charge in [0.2, 0.25) is 0 Å². The third-order valence-corrected chi connectivity index (χ3v) is 3.25. The van der Waals surface area contributed by atoms with Gasteiger partial charge in [-0.3, -0.25) is 0 Å². The Bertz CT molecular complexity index is 736. The van der Waals surface area contributed by atoms with Gasteiger partial charge in [0.15, 0.2) is 11.5 Å². The Kier molecular flexibility index (Phi) is 3.35. The number of nitrogens with zero attached hydrogens (tertiary/aromatic N) is 3. The standard InChI is InChI=1S/C15H16N4O/c1-20-13-7-3-2-5-11(13)9-14-17-15-12(10-16)6-4-8-19(15)18-14/h2-8H,9-10,16H2,1H3. The van der Waals surface area contributed by atoms with Crippen molar-refractivity contribution >= 4 is 5.65 Å². The zero-order valence-electron chi connectivity index (χ0n) is 11.3. The lowest BCUT2D eigenvalue weighted by atomic mass is 10.1. The molecule has 0 fully saturated rings. The average Bonchev–Trinajstić information content (AvgIpc) is 2.90. The van der Waals surface area contributed by atoms with Gasteiger partial charge >= 0.3 is 0 Å². The molecule has 0 amide bonds. The molecule has 0 aliphatic heterocycles. The highest BCUT2D eigenvalue weighted by molar-refractivity contribution is 5.47. The third-order valence-electron chi connectivity index (χ3n) is 3.25. The fraction of sp³-hybridized carbons (Fsp3) is 0.200. The second-order valence-corrected chi connectivity index (χ2v) is 4.52. The average molecular weight is 268 g/mol. The molecule has 5 nitrogen and oxygen atoms in total. The molecule has 20 heavy (non-hydrogen) atoms. The van der Waals surface area contributed by atoms with Crippen LogP contribution in [-0.4, -0.2) is 21.7 Å². The maximum atomic E-state index is 5.72. The Balaban J connectivity index is 1.99. The van der Waals surface area contributed by atoms with Gasteiger partial charge in [-0.25, -0.2) is 9.50 Å². The second-order valence-electron chi connectivity index (χ2n) is 4.52. The van der Waals surface area contributed by atoms with E-state index in [1.807, 2.05) is 42.6 Å². The van der Waals surface area contributed by atoms with Gasteiger partial charge in [-0.2, -0.15) is 5.10 Å². The zero-order chi connectivity index (χ0) is 13.9. The molecule has 0 spiro atoms. The van der Waals surface area contributed by atoms with Crippen molar-refractivity contribution in [3.8, 4) is 5.75 Å². The molecule has 0 radical (unpaired) electrons. The van der Waals surface area contributed by atoms with Gasteiger partial charge in [0.1, 0.15) is 5.75 Å². The maximum Gasteiger partial charge on any atom is 0.160 e. The lowest BCUT2D eigenvalue weighted by molar-refractivity contribution is 0.410. The van der Waals surface area contributed by atoms with Crippen LogP contribution in [0.3, 0.4) is 0 Å². The summed E-state index contributed by atoms with van der Waals surface area (Å²) in [4.78, 5) is 4.57. The van der Waals surface area contributed by atoms with E-state index in [1.54, 1.807) is 11.6 Å². The van der Waals surface area contributed by atoms with Crippen LogP contribution in [0.2, 0.25) is 0 Å². The van der Waals surface area contributed by atoms with Crippen LogP contribution in [0.15, 0.2) is 42.6 Å². The van der Waals surface area contributed by atoms with E-state index >= 15 is 0 Å². The molecule has 0 aliphatic rings. The molecule has 3 rings (SSSR count). The summed E-state index contributed by atoms with van der Waals surface area (Å²) in [5, 5.41) is 4.49. The fourth-order valence-electron chi connectivity index (χ4n) is 2.26. The number of methoxy groups -OCH3 is 1. The molecule has 2 heterocycles. The summed E-state index contributed by atoms with van der Waals surface area (Å²) >= 11 is 0. The summed E-state index contributed by atoms with van der Waals surface area (Å²) in [6.45, 7) is 0.455. The number of fused-ring (bicyclic) bond motifs is 1. The lowest BCUT2D eigenvalue weighted by Crippen LogP contribution is -1.99. The summed E-state index contributed by atoms with van der Waals surface area (Å²) in [6.07, 6.45) is 2.52. The number of ether oxygens (including phenoxy) is 1. The number of rotatable bonds is 4. The predicted octanol–water partition coefficient (Wildman–Crippen LogP) is 1.79. The van der Waals surface area contributed by atoms with Crippen molar-refractivity contribution < 1.29 is 4.74 Å². The minimum atomic E-state index is 0.455. The van der Waals surface area contributed by atoms with E-state index in [4.69, 9.17) is 10.5 Å². The minimum absolute atomic E-state index is 0.455. The van der Waals surface area contributed by atoms with E-state index in [1.165, 1.54) is 0 Å². The Labute approximate surface area is 117 Å². The molecule has 2 N–H and O–H groups in total. The molecular formula is C15H16N4O. The number of aromatic nitrogens is 3. The molecule has 5 heteroatoms.